The lowest BCUT2D eigenvalue weighted by atomic mass is 10.0. The highest BCUT2D eigenvalue weighted by molar-refractivity contribution is 5.49. The largest absolute Gasteiger partial charge is 0.497 e. The van der Waals surface area contributed by atoms with Gasteiger partial charge < -0.3 is 14.1 Å². The first-order valence-corrected chi connectivity index (χ1v) is 11.2. The summed E-state index contributed by atoms with van der Waals surface area (Å²) in [4.78, 5) is 4.88. The lowest BCUT2D eigenvalue weighted by Gasteiger charge is -2.40. The lowest BCUT2D eigenvalue weighted by molar-refractivity contribution is 0.201. The van der Waals surface area contributed by atoms with Crippen LogP contribution in [-0.2, 0) is 6.54 Å². The number of methoxy groups -OCH3 is 1. The van der Waals surface area contributed by atoms with Gasteiger partial charge in [-0.2, -0.15) is 0 Å². The summed E-state index contributed by atoms with van der Waals surface area (Å²) >= 11 is 0. The summed E-state index contributed by atoms with van der Waals surface area (Å²) in [6.07, 6.45) is 1.68. The molecule has 1 aliphatic heterocycles. The topological polar surface area (TPSA) is 72.5 Å². The molecule has 1 atom stereocenters. The predicted molar refractivity (Wildman–Crippen MR) is 125 cm³/mol. The fourth-order valence-corrected chi connectivity index (χ4v) is 4.37. The van der Waals surface area contributed by atoms with E-state index in [-0.39, 0.29) is 6.04 Å². The fraction of sp³-hybridized carbons (Fsp3) is 0.320. The molecule has 2 aromatic carbocycles. The molecular weight excluding hydrogens is 416 g/mol. The minimum atomic E-state index is -0.0337. The molecule has 0 radical (unpaired) electrons. The van der Waals surface area contributed by atoms with Crippen molar-refractivity contribution in [3.63, 3.8) is 0 Å². The van der Waals surface area contributed by atoms with Gasteiger partial charge in [-0.25, -0.2) is 4.68 Å². The Morgan fingerprint density at radius 3 is 2.39 bits per heavy atom. The highest BCUT2D eigenvalue weighted by Crippen LogP contribution is 2.30. The van der Waals surface area contributed by atoms with Crippen LogP contribution in [0.3, 0.4) is 0 Å². The van der Waals surface area contributed by atoms with Crippen LogP contribution in [0, 0.1) is 6.92 Å². The van der Waals surface area contributed by atoms with E-state index in [0.29, 0.717) is 6.54 Å². The normalized spacial score (nSPS) is 15.5. The van der Waals surface area contributed by atoms with Crippen molar-refractivity contribution in [2.45, 2.75) is 19.5 Å². The van der Waals surface area contributed by atoms with Gasteiger partial charge in [0.1, 0.15) is 18.1 Å². The Bertz CT molecular complexity index is 1150. The van der Waals surface area contributed by atoms with E-state index in [4.69, 9.17) is 9.15 Å². The number of hydrogen-bond acceptors (Lipinski definition) is 7. The summed E-state index contributed by atoms with van der Waals surface area (Å²) in [5.41, 5.74) is 3.64. The summed E-state index contributed by atoms with van der Waals surface area (Å²) in [5.74, 6) is 2.53. The molecule has 1 fully saturated rings. The number of ether oxygens (including phenoxy) is 1. The van der Waals surface area contributed by atoms with Crippen LogP contribution in [-0.4, -0.2) is 58.4 Å². The van der Waals surface area contributed by atoms with Gasteiger partial charge in [-0.1, -0.05) is 29.8 Å². The highest BCUT2D eigenvalue weighted by atomic mass is 16.5. The molecule has 0 aliphatic carbocycles. The van der Waals surface area contributed by atoms with E-state index in [9.17, 15) is 0 Å². The second kappa shape index (κ2) is 9.46. The average Bonchev–Trinajstić information content (AvgIpc) is 3.54. The summed E-state index contributed by atoms with van der Waals surface area (Å²) in [6.45, 7) is 6.26. The standard InChI is InChI=1S/C25H28N6O2/c1-19-5-7-20(8-6-19)24(25-26-27-28-31(25)18-23-4-3-17-33-23)30-15-13-29(14-16-30)21-9-11-22(32-2)12-10-21/h3-12,17,24H,13-16,18H2,1-2H3/t24-/m0/s1. The zero-order valence-corrected chi connectivity index (χ0v) is 19.0. The van der Waals surface area contributed by atoms with Crippen LogP contribution in [0.5, 0.6) is 5.75 Å². The molecule has 8 heteroatoms. The number of furan rings is 1. The minimum Gasteiger partial charge on any atom is -0.497 e. The Kier molecular flexibility index (Phi) is 6.08. The molecular formula is C25H28N6O2. The quantitative estimate of drug-likeness (QED) is 0.432. The van der Waals surface area contributed by atoms with Crippen molar-refractivity contribution in [3.05, 3.63) is 89.6 Å². The average molecular weight is 445 g/mol. The van der Waals surface area contributed by atoms with Crippen molar-refractivity contribution in [1.82, 2.24) is 25.1 Å². The molecule has 3 heterocycles. The third-order valence-corrected chi connectivity index (χ3v) is 6.20. The predicted octanol–water partition coefficient (Wildman–Crippen LogP) is 3.54. The molecule has 0 amide bonds. The summed E-state index contributed by atoms with van der Waals surface area (Å²) in [5, 5.41) is 12.7. The van der Waals surface area contributed by atoms with Gasteiger partial charge in [0, 0.05) is 31.9 Å². The molecule has 8 nitrogen and oxygen atoms in total. The number of aromatic nitrogens is 4. The van der Waals surface area contributed by atoms with Gasteiger partial charge in [-0.3, -0.25) is 4.90 Å². The second-order valence-electron chi connectivity index (χ2n) is 8.31. The number of tetrazole rings is 1. The number of hydrogen-bond donors (Lipinski definition) is 0. The van der Waals surface area contributed by atoms with Gasteiger partial charge in [0.05, 0.1) is 19.4 Å². The molecule has 0 bridgehead atoms. The first kappa shape index (κ1) is 21.2. The molecule has 0 spiro atoms. The van der Waals surface area contributed by atoms with Crippen molar-refractivity contribution in [2.75, 3.05) is 38.2 Å². The molecule has 2 aromatic heterocycles. The van der Waals surface area contributed by atoms with E-state index < -0.39 is 0 Å². The molecule has 0 N–H and O–H groups in total. The smallest absolute Gasteiger partial charge is 0.173 e. The van der Waals surface area contributed by atoms with E-state index in [2.05, 4.69) is 68.6 Å². The zero-order chi connectivity index (χ0) is 22.6. The first-order chi connectivity index (χ1) is 16.2. The van der Waals surface area contributed by atoms with Gasteiger partial charge >= 0.3 is 0 Å². The minimum absolute atomic E-state index is 0.0337. The maximum atomic E-state index is 5.54. The van der Waals surface area contributed by atoms with Crippen molar-refractivity contribution < 1.29 is 9.15 Å². The summed E-state index contributed by atoms with van der Waals surface area (Å²) < 4.78 is 12.7. The van der Waals surface area contributed by atoms with E-state index >= 15 is 0 Å². The molecule has 170 valence electrons. The van der Waals surface area contributed by atoms with Crippen LogP contribution in [0.2, 0.25) is 0 Å². The van der Waals surface area contributed by atoms with Crippen molar-refractivity contribution in [2.24, 2.45) is 0 Å². The Morgan fingerprint density at radius 1 is 0.970 bits per heavy atom. The van der Waals surface area contributed by atoms with Crippen LogP contribution in [0.15, 0.2) is 71.3 Å². The maximum absolute atomic E-state index is 5.54. The second-order valence-corrected chi connectivity index (χ2v) is 8.31. The van der Waals surface area contributed by atoms with Crippen LogP contribution in [0.1, 0.15) is 28.8 Å². The number of aryl methyl sites for hydroxylation is 1. The van der Waals surface area contributed by atoms with Crippen molar-refractivity contribution in [3.8, 4) is 5.75 Å². The number of piperazine rings is 1. The Morgan fingerprint density at radius 2 is 1.73 bits per heavy atom. The first-order valence-electron chi connectivity index (χ1n) is 11.2. The Hall–Kier alpha value is -3.65. The highest BCUT2D eigenvalue weighted by Gasteiger charge is 2.31. The summed E-state index contributed by atoms with van der Waals surface area (Å²) in [6, 6.07) is 20.7. The zero-order valence-electron chi connectivity index (χ0n) is 19.0. The van der Waals surface area contributed by atoms with E-state index in [1.165, 1.54) is 16.8 Å². The third kappa shape index (κ3) is 4.61. The Balaban J connectivity index is 1.39. The van der Waals surface area contributed by atoms with Gasteiger partial charge in [-0.15, -0.1) is 5.10 Å². The van der Waals surface area contributed by atoms with E-state index in [0.717, 1.165) is 43.5 Å². The van der Waals surface area contributed by atoms with Crippen LogP contribution >= 0.6 is 0 Å². The third-order valence-electron chi connectivity index (χ3n) is 6.20. The lowest BCUT2D eigenvalue weighted by Crippen LogP contribution is -2.48. The Labute approximate surface area is 193 Å². The van der Waals surface area contributed by atoms with Crippen molar-refractivity contribution in [1.29, 1.82) is 0 Å². The number of anilines is 1. The maximum Gasteiger partial charge on any atom is 0.173 e. The van der Waals surface area contributed by atoms with Gasteiger partial charge in [-0.05, 0) is 59.3 Å². The van der Waals surface area contributed by atoms with E-state index in [1.807, 2.05) is 28.9 Å². The molecule has 0 unspecified atom stereocenters. The molecule has 1 saturated heterocycles. The molecule has 33 heavy (non-hydrogen) atoms. The van der Waals surface area contributed by atoms with Gasteiger partial charge in [0.15, 0.2) is 5.82 Å². The number of benzene rings is 2. The number of rotatable bonds is 7. The molecule has 5 rings (SSSR count). The van der Waals surface area contributed by atoms with Crippen LogP contribution < -0.4 is 9.64 Å². The van der Waals surface area contributed by atoms with E-state index in [1.54, 1.807) is 13.4 Å². The summed E-state index contributed by atoms with van der Waals surface area (Å²) in [7, 11) is 1.69. The van der Waals surface area contributed by atoms with Crippen molar-refractivity contribution >= 4 is 5.69 Å². The SMILES string of the molecule is COc1ccc(N2CCN([C@@H](c3ccc(C)cc3)c3nnnn3Cc3ccco3)CC2)cc1. The molecule has 0 saturated carbocycles. The monoisotopic (exact) mass is 444 g/mol. The molecule has 4 aromatic rings. The molecule has 1 aliphatic rings. The number of nitrogens with zero attached hydrogens (tertiary/aromatic N) is 6. The fourth-order valence-electron chi connectivity index (χ4n) is 4.37. The van der Waals surface area contributed by atoms with Gasteiger partial charge in [0.2, 0.25) is 0 Å². The van der Waals surface area contributed by atoms with Crippen LogP contribution in [0.25, 0.3) is 0 Å². The van der Waals surface area contributed by atoms with Crippen LogP contribution in [0.4, 0.5) is 5.69 Å². The van der Waals surface area contributed by atoms with Gasteiger partial charge in [0.25, 0.3) is 0 Å².